The summed E-state index contributed by atoms with van der Waals surface area (Å²) in [7, 11) is 0. The van der Waals surface area contributed by atoms with Gasteiger partial charge >= 0.3 is 11.9 Å². The molecular weight excluding hydrogens is 733 g/mol. The maximum absolute atomic E-state index is 13.0. The summed E-state index contributed by atoms with van der Waals surface area (Å²) < 4.78 is 18.7. The maximum atomic E-state index is 13.0. The third-order valence-electron chi connectivity index (χ3n) is 11.1. The van der Waals surface area contributed by atoms with Crippen molar-refractivity contribution in [3.05, 3.63) is 137 Å². The first-order valence-corrected chi connectivity index (χ1v) is 21.8. The third kappa shape index (κ3) is 13.8. The van der Waals surface area contributed by atoms with Crippen molar-refractivity contribution < 1.29 is 23.8 Å². The Kier molecular flexibility index (Phi) is 18.3. The topological polar surface area (TPSA) is 68.3 Å². The van der Waals surface area contributed by atoms with E-state index in [0.29, 0.717) is 42.8 Å². The van der Waals surface area contributed by atoms with Crippen LogP contribution in [0, 0.1) is 18.8 Å². The van der Waals surface area contributed by atoms with Crippen molar-refractivity contribution in [1.29, 1.82) is 0 Å². The zero-order valence-electron chi connectivity index (χ0n) is 37.7. The molecular formula is C52H71N2O5+. The van der Waals surface area contributed by atoms with Gasteiger partial charge in [0.2, 0.25) is 0 Å². The minimum absolute atomic E-state index is 0.00258. The number of hydrogen-bond acceptors (Lipinski definition) is 7. The molecule has 0 aliphatic rings. The second-order valence-corrected chi connectivity index (χ2v) is 17.5. The van der Waals surface area contributed by atoms with Crippen LogP contribution in [0.2, 0.25) is 0 Å². The van der Waals surface area contributed by atoms with E-state index in [1.54, 1.807) is 0 Å². The Hall–Kier alpha value is -4.43. The van der Waals surface area contributed by atoms with Crippen LogP contribution in [0.5, 0.6) is 11.5 Å². The largest absolute Gasteiger partial charge is 0.426 e. The zero-order valence-corrected chi connectivity index (χ0v) is 37.7. The fourth-order valence-corrected chi connectivity index (χ4v) is 7.88. The average Bonchev–Trinajstić information content (AvgIpc) is 3.19. The molecule has 0 amide bonds. The van der Waals surface area contributed by atoms with Gasteiger partial charge in [0.05, 0.1) is 32.0 Å². The fraction of sp³-hybridized carbons (Fsp3) is 0.481. The molecule has 4 rings (SSSR count). The summed E-state index contributed by atoms with van der Waals surface area (Å²) >= 11 is 0. The van der Waals surface area contributed by atoms with Crippen molar-refractivity contribution in [3.63, 3.8) is 0 Å². The molecule has 0 aromatic heterocycles. The minimum atomic E-state index is -0.263. The first kappa shape index (κ1) is 47.3. The van der Waals surface area contributed by atoms with E-state index >= 15 is 0 Å². The Balaban J connectivity index is 1.69. The van der Waals surface area contributed by atoms with Crippen molar-refractivity contribution in [1.82, 2.24) is 9.80 Å². The summed E-state index contributed by atoms with van der Waals surface area (Å²) in [5.74, 6) is 0.122. The van der Waals surface area contributed by atoms with Gasteiger partial charge in [-0.3, -0.25) is 19.4 Å². The number of hydrogen-bond donors (Lipinski definition) is 0. The van der Waals surface area contributed by atoms with Crippen LogP contribution in [-0.2, 0) is 27.5 Å². The standard InChI is InChI=1S/C52H71N2O5/c1-35(2)51(55)58-49-25-23-41(31-47(49)45(43-19-15-13-16-20-43)27-29-53(37(5)6)38(7)8)33-57-34-42-24-26-50(59-52(56)36(3)4)48(32-42)46(44-21-17-14-18-22-44)28-30-54(39(9)10)40(11)12/h13-26,31-32,35-40,45-46H,5,27-30,33-34H2,1-4,6-12H3/q+1. The number of benzene rings is 4. The first-order chi connectivity index (χ1) is 28.1. The molecule has 0 heterocycles. The lowest BCUT2D eigenvalue weighted by molar-refractivity contribution is -0.138. The highest BCUT2D eigenvalue weighted by Gasteiger charge is 2.27. The van der Waals surface area contributed by atoms with Gasteiger partial charge in [-0.1, -0.05) is 100 Å². The monoisotopic (exact) mass is 804 g/mol. The second kappa shape index (κ2) is 22.8. The van der Waals surface area contributed by atoms with Crippen LogP contribution >= 0.6 is 0 Å². The highest BCUT2D eigenvalue weighted by Crippen LogP contribution is 2.38. The van der Waals surface area contributed by atoms with Crippen LogP contribution < -0.4 is 9.47 Å². The van der Waals surface area contributed by atoms with E-state index in [9.17, 15) is 9.59 Å². The molecule has 0 saturated carbocycles. The number of esters is 2. The molecule has 7 nitrogen and oxygen atoms in total. The summed E-state index contributed by atoms with van der Waals surface area (Å²) in [6, 6.07) is 34.4. The lowest BCUT2D eigenvalue weighted by Crippen LogP contribution is -2.38. The van der Waals surface area contributed by atoms with Gasteiger partial charge in [0, 0.05) is 47.6 Å². The van der Waals surface area contributed by atoms with Crippen LogP contribution in [0.1, 0.15) is 134 Å². The van der Waals surface area contributed by atoms with E-state index in [0.717, 1.165) is 53.7 Å². The predicted molar refractivity (Wildman–Crippen MR) is 242 cm³/mol. The van der Waals surface area contributed by atoms with Crippen molar-refractivity contribution >= 4 is 11.9 Å². The lowest BCUT2D eigenvalue weighted by atomic mass is 9.86. The number of ether oxygens (including phenoxy) is 3. The predicted octanol–water partition coefficient (Wildman–Crippen LogP) is 11.6. The van der Waals surface area contributed by atoms with Crippen molar-refractivity contribution in [3.8, 4) is 11.5 Å². The summed E-state index contributed by atoms with van der Waals surface area (Å²) in [4.78, 5) is 30.9. The van der Waals surface area contributed by atoms with Gasteiger partial charge in [-0.25, -0.2) is 0 Å². The lowest BCUT2D eigenvalue weighted by Gasteiger charge is -2.32. The van der Waals surface area contributed by atoms with Crippen LogP contribution in [0.4, 0.5) is 0 Å². The van der Waals surface area contributed by atoms with Crippen LogP contribution in [0.3, 0.4) is 0 Å². The summed E-state index contributed by atoms with van der Waals surface area (Å²) in [5.41, 5.74) is 6.28. The van der Waals surface area contributed by atoms with Gasteiger partial charge in [-0.15, -0.1) is 0 Å². The Morgan fingerprint density at radius 3 is 1.24 bits per heavy atom. The molecule has 0 spiro atoms. The molecule has 0 fully saturated rings. The Labute approximate surface area is 356 Å². The van der Waals surface area contributed by atoms with Crippen molar-refractivity contribution in [2.45, 2.75) is 138 Å². The molecule has 7 heteroatoms. The molecule has 0 N–H and O–H groups in total. The Bertz CT molecular complexity index is 1730. The van der Waals surface area contributed by atoms with E-state index in [-0.39, 0.29) is 41.7 Å². The van der Waals surface area contributed by atoms with E-state index < -0.39 is 0 Å². The Morgan fingerprint density at radius 2 is 0.898 bits per heavy atom. The molecule has 4 aromatic carbocycles. The van der Waals surface area contributed by atoms with E-state index in [1.165, 1.54) is 5.56 Å². The quantitative estimate of drug-likeness (QED) is 0.0445. The highest BCUT2D eigenvalue weighted by atomic mass is 16.5. The van der Waals surface area contributed by atoms with Gasteiger partial charge in [0.25, 0.3) is 0 Å². The molecule has 4 aromatic rings. The van der Waals surface area contributed by atoms with Crippen LogP contribution in [0.25, 0.3) is 0 Å². The van der Waals surface area contributed by atoms with E-state index in [4.69, 9.17) is 14.2 Å². The average molecular weight is 804 g/mol. The van der Waals surface area contributed by atoms with Gasteiger partial charge in [-0.2, -0.15) is 0 Å². The van der Waals surface area contributed by atoms with Crippen molar-refractivity contribution in [2.75, 3.05) is 13.1 Å². The van der Waals surface area contributed by atoms with Gasteiger partial charge in [0.15, 0.2) is 0 Å². The van der Waals surface area contributed by atoms with Gasteiger partial charge < -0.3 is 14.2 Å². The SMILES string of the molecule is [CH2+]C(C)N(CCC(c1ccccc1)c1cc(COCc2ccc(OC(=O)C(C)C)c(C(CCN(C(C)C)C(C)C)c3ccccc3)c2)ccc1OC(=O)C(C)C)C(C)C. The molecule has 0 aliphatic heterocycles. The molecule has 3 unspecified atom stereocenters. The number of nitrogens with zero attached hydrogens (tertiary/aromatic N) is 2. The van der Waals surface area contributed by atoms with Crippen LogP contribution in [-0.4, -0.2) is 59.0 Å². The smallest absolute Gasteiger partial charge is 0.313 e. The molecule has 0 bridgehead atoms. The minimum Gasteiger partial charge on any atom is -0.426 e. The molecule has 3 atom stereocenters. The molecule has 59 heavy (non-hydrogen) atoms. The summed E-state index contributed by atoms with van der Waals surface area (Å²) in [6.07, 6.45) is 1.68. The molecule has 0 saturated heterocycles. The zero-order chi connectivity index (χ0) is 43.2. The molecule has 0 aliphatic carbocycles. The third-order valence-corrected chi connectivity index (χ3v) is 11.1. The number of carbonyl (C=O) groups excluding carboxylic acids is 2. The van der Waals surface area contributed by atoms with Crippen molar-refractivity contribution in [2.24, 2.45) is 11.8 Å². The van der Waals surface area contributed by atoms with Gasteiger partial charge in [0.1, 0.15) is 17.5 Å². The summed E-state index contributed by atoms with van der Waals surface area (Å²) in [6.45, 7) is 29.7. The number of carbonyl (C=O) groups is 2. The van der Waals surface area contributed by atoms with E-state index in [2.05, 4.69) is 126 Å². The second-order valence-electron chi connectivity index (χ2n) is 17.5. The Morgan fingerprint density at radius 1 is 0.525 bits per heavy atom. The first-order valence-electron chi connectivity index (χ1n) is 21.8. The molecule has 0 radical (unpaired) electrons. The highest BCUT2D eigenvalue weighted by molar-refractivity contribution is 5.75. The van der Waals surface area contributed by atoms with E-state index in [1.807, 2.05) is 64.1 Å². The normalized spacial score (nSPS) is 13.5. The van der Waals surface area contributed by atoms with Crippen LogP contribution in [0.15, 0.2) is 97.1 Å². The number of rotatable bonds is 22. The summed E-state index contributed by atoms with van der Waals surface area (Å²) in [5, 5.41) is 0. The van der Waals surface area contributed by atoms with Gasteiger partial charge in [-0.05, 0) is 114 Å². The maximum Gasteiger partial charge on any atom is 0.313 e. The molecule has 318 valence electrons. The fourth-order valence-electron chi connectivity index (χ4n) is 7.88.